The zero-order valence-corrected chi connectivity index (χ0v) is 9.33. The van der Waals surface area contributed by atoms with Gasteiger partial charge in [-0.2, -0.15) is 0 Å². The molecular formula is C11H19NO2. The van der Waals surface area contributed by atoms with Crippen LogP contribution in [0.25, 0.3) is 0 Å². The fourth-order valence-electron chi connectivity index (χ4n) is 0.722. The normalized spacial score (nSPS) is 10.9. The van der Waals surface area contributed by atoms with Gasteiger partial charge >= 0.3 is 0 Å². The standard InChI is InChI=1S/C9H13NO2.C2H6/c1-4-6-9(12-7-11)8(5-2)10-3;1-2/h4-7,10H,2H2,1,3H3;1-2H3/b6-4-,9-8-;. The van der Waals surface area contributed by atoms with E-state index in [1.165, 1.54) is 0 Å². The number of hydrogen-bond donors (Lipinski definition) is 1. The van der Waals surface area contributed by atoms with Gasteiger partial charge in [0.25, 0.3) is 6.47 Å². The molecule has 0 aromatic heterocycles. The SMILES string of the molecule is C=C/C(NC)=C(\C=C/C)OC=O.CC. The van der Waals surface area contributed by atoms with E-state index in [-0.39, 0.29) is 0 Å². The highest BCUT2D eigenvalue weighted by Gasteiger charge is 1.98. The molecule has 0 radical (unpaired) electrons. The molecule has 0 bridgehead atoms. The molecule has 0 spiro atoms. The summed E-state index contributed by atoms with van der Waals surface area (Å²) < 4.78 is 4.70. The van der Waals surface area contributed by atoms with Crippen molar-refractivity contribution in [3.8, 4) is 0 Å². The maximum Gasteiger partial charge on any atom is 0.298 e. The predicted octanol–water partition coefficient (Wildman–Crippen LogP) is 2.38. The number of carbonyl (C=O) groups excluding carboxylic acids is 1. The molecule has 0 saturated heterocycles. The Labute approximate surface area is 86.2 Å². The van der Waals surface area contributed by atoms with Crippen molar-refractivity contribution in [3.63, 3.8) is 0 Å². The quantitative estimate of drug-likeness (QED) is 0.418. The molecule has 0 aliphatic heterocycles. The lowest BCUT2D eigenvalue weighted by Crippen LogP contribution is -2.07. The second-order valence-electron chi connectivity index (χ2n) is 1.95. The van der Waals surface area contributed by atoms with Crippen molar-refractivity contribution in [1.82, 2.24) is 5.32 Å². The maximum atomic E-state index is 10.1. The van der Waals surface area contributed by atoms with Gasteiger partial charge in [-0.1, -0.05) is 26.5 Å². The molecule has 3 nitrogen and oxygen atoms in total. The summed E-state index contributed by atoms with van der Waals surface area (Å²) in [4.78, 5) is 10.1. The Morgan fingerprint density at radius 1 is 1.43 bits per heavy atom. The van der Waals surface area contributed by atoms with Crippen molar-refractivity contribution in [1.29, 1.82) is 0 Å². The Morgan fingerprint density at radius 3 is 2.29 bits per heavy atom. The Balaban J connectivity index is 0. The number of rotatable bonds is 5. The van der Waals surface area contributed by atoms with E-state index in [0.29, 0.717) is 17.9 Å². The fourth-order valence-corrected chi connectivity index (χ4v) is 0.722. The number of ether oxygens (including phenoxy) is 1. The first-order valence-electron chi connectivity index (χ1n) is 4.57. The average molecular weight is 197 g/mol. The molecule has 0 aromatic rings. The van der Waals surface area contributed by atoms with E-state index >= 15 is 0 Å². The molecular weight excluding hydrogens is 178 g/mol. The first-order valence-corrected chi connectivity index (χ1v) is 4.57. The summed E-state index contributed by atoms with van der Waals surface area (Å²) in [5.74, 6) is 0.463. The monoisotopic (exact) mass is 197 g/mol. The Bertz CT molecular complexity index is 217. The predicted molar refractivity (Wildman–Crippen MR) is 59.6 cm³/mol. The second-order valence-corrected chi connectivity index (χ2v) is 1.95. The van der Waals surface area contributed by atoms with Crippen LogP contribution in [0, 0.1) is 0 Å². The molecule has 1 N–H and O–H groups in total. The van der Waals surface area contributed by atoms with Gasteiger partial charge in [0.1, 0.15) is 0 Å². The number of allylic oxidation sites excluding steroid dienone is 3. The van der Waals surface area contributed by atoms with Crippen LogP contribution in [-0.2, 0) is 9.53 Å². The molecule has 0 fully saturated rings. The third-order valence-electron chi connectivity index (χ3n) is 1.23. The Kier molecular flexibility index (Phi) is 12.3. The van der Waals surface area contributed by atoms with Crippen LogP contribution < -0.4 is 5.32 Å². The fraction of sp³-hybridized carbons (Fsp3) is 0.364. The van der Waals surface area contributed by atoms with Gasteiger partial charge in [0.05, 0.1) is 5.70 Å². The second kappa shape index (κ2) is 11.5. The zero-order chi connectivity index (χ0) is 11.4. The van der Waals surface area contributed by atoms with E-state index in [4.69, 9.17) is 4.74 Å². The minimum atomic E-state index is 0.385. The summed E-state index contributed by atoms with van der Waals surface area (Å²) in [6.45, 7) is 9.79. The third kappa shape index (κ3) is 6.06. The molecule has 0 atom stereocenters. The molecule has 0 rings (SSSR count). The van der Waals surface area contributed by atoms with Crippen molar-refractivity contribution >= 4 is 6.47 Å². The van der Waals surface area contributed by atoms with E-state index in [2.05, 4.69) is 11.9 Å². The van der Waals surface area contributed by atoms with Crippen LogP contribution in [0.3, 0.4) is 0 Å². The summed E-state index contributed by atoms with van der Waals surface area (Å²) in [5.41, 5.74) is 0.681. The largest absolute Gasteiger partial charge is 0.427 e. The molecule has 0 amide bonds. The van der Waals surface area contributed by atoms with Gasteiger partial charge in [-0.25, -0.2) is 0 Å². The van der Waals surface area contributed by atoms with E-state index in [9.17, 15) is 4.79 Å². The molecule has 14 heavy (non-hydrogen) atoms. The first-order chi connectivity index (χ1) is 6.79. The van der Waals surface area contributed by atoms with Gasteiger partial charge in [0.15, 0.2) is 5.76 Å². The summed E-state index contributed by atoms with van der Waals surface area (Å²) in [7, 11) is 1.73. The van der Waals surface area contributed by atoms with Gasteiger partial charge in [-0.15, -0.1) is 0 Å². The molecule has 80 valence electrons. The number of hydrogen-bond acceptors (Lipinski definition) is 3. The number of carbonyl (C=O) groups is 1. The molecule has 0 heterocycles. The summed E-state index contributed by atoms with van der Waals surface area (Å²) in [6.07, 6.45) is 5.04. The van der Waals surface area contributed by atoms with Crippen LogP contribution in [0.5, 0.6) is 0 Å². The van der Waals surface area contributed by atoms with Gasteiger partial charge in [-0.05, 0) is 19.1 Å². The lowest BCUT2D eigenvalue weighted by molar-refractivity contribution is -0.124. The molecule has 0 aromatic carbocycles. The van der Waals surface area contributed by atoms with Crippen LogP contribution in [0.15, 0.2) is 36.3 Å². The first kappa shape index (κ1) is 15.0. The maximum absolute atomic E-state index is 10.1. The van der Waals surface area contributed by atoms with Crippen molar-refractivity contribution in [2.75, 3.05) is 7.05 Å². The van der Waals surface area contributed by atoms with Crippen molar-refractivity contribution in [3.05, 3.63) is 36.3 Å². The van der Waals surface area contributed by atoms with E-state index < -0.39 is 0 Å². The molecule has 3 heteroatoms. The lowest BCUT2D eigenvalue weighted by Gasteiger charge is -2.04. The summed E-state index contributed by atoms with van der Waals surface area (Å²) >= 11 is 0. The summed E-state index contributed by atoms with van der Waals surface area (Å²) in [6, 6.07) is 0. The average Bonchev–Trinajstić information content (AvgIpc) is 2.23. The van der Waals surface area contributed by atoms with Crippen LogP contribution in [0.1, 0.15) is 20.8 Å². The van der Waals surface area contributed by atoms with E-state index in [1.807, 2.05) is 20.8 Å². The summed E-state index contributed by atoms with van der Waals surface area (Å²) in [5, 5.41) is 2.85. The third-order valence-corrected chi connectivity index (χ3v) is 1.23. The molecule has 0 aliphatic carbocycles. The number of likely N-dealkylation sites (N-methyl/N-ethyl adjacent to an activating group) is 1. The Hall–Kier alpha value is -1.51. The topological polar surface area (TPSA) is 38.3 Å². The molecule has 0 unspecified atom stereocenters. The highest BCUT2D eigenvalue weighted by molar-refractivity contribution is 5.43. The van der Waals surface area contributed by atoms with E-state index in [0.717, 1.165) is 0 Å². The minimum absolute atomic E-state index is 0.385. The smallest absolute Gasteiger partial charge is 0.298 e. The van der Waals surface area contributed by atoms with Crippen molar-refractivity contribution < 1.29 is 9.53 Å². The minimum Gasteiger partial charge on any atom is -0.427 e. The zero-order valence-electron chi connectivity index (χ0n) is 9.33. The van der Waals surface area contributed by atoms with Gasteiger partial charge < -0.3 is 10.1 Å². The van der Waals surface area contributed by atoms with Crippen LogP contribution in [0.2, 0.25) is 0 Å². The van der Waals surface area contributed by atoms with Crippen molar-refractivity contribution in [2.45, 2.75) is 20.8 Å². The Morgan fingerprint density at radius 2 is 2.00 bits per heavy atom. The van der Waals surface area contributed by atoms with Crippen LogP contribution in [0.4, 0.5) is 0 Å². The van der Waals surface area contributed by atoms with Crippen molar-refractivity contribution in [2.24, 2.45) is 0 Å². The van der Waals surface area contributed by atoms with Crippen LogP contribution >= 0.6 is 0 Å². The molecule has 0 saturated carbocycles. The van der Waals surface area contributed by atoms with Crippen LogP contribution in [-0.4, -0.2) is 13.5 Å². The highest BCUT2D eigenvalue weighted by Crippen LogP contribution is 2.04. The van der Waals surface area contributed by atoms with Gasteiger partial charge in [0.2, 0.25) is 0 Å². The van der Waals surface area contributed by atoms with Gasteiger partial charge in [-0.3, -0.25) is 4.79 Å². The lowest BCUT2D eigenvalue weighted by atomic mass is 10.3. The highest BCUT2D eigenvalue weighted by atomic mass is 16.5. The van der Waals surface area contributed by atoms with E-state index in [1.54, 1.807) is 25.3 Å². The molecule has 0 aliphatic rings. The number of nitrogens with one attached hydrogen (secondary N) is 1. The van der Waals surface area contributed by atoms with Gasteiger partial charge in [0, 0.05) is 7.05 Å².